The Bertz CT molecular complexity index is 91.7. The van der Waals surface area contributed by atoms with E-state index in [-0.39, 0.29) is 0 Å². The van der Waals surface area contributed by atoms with Gasteiger partial charge in [-0.25, -0.2) is 0 Å². The fourth-order valence-electron chi connectivity index (χ4n) is 1.49. The number of unbranched alkanes of at least 4 members (excludes halogenated alkanes) is 1. The first-order valence-corrected chi connectivity index (χ1v) is 12.6. The van der Waals surface area contributed by atoms with Crippen LogP contribution >= 0.6 is 0 Å². The van der Waals surface area contributed by atoms with Crippen LogP contribution in [0.1, 0.15) is 40.5 Å². The van der Waals surface area contributed by atoms with Crippen molar-refractivity contribution in [3.05, 3.63) is 0 Å². The summed E-state index contributed by atoms with van der Waals surface area (Å²) in [5, 5.41) is 0. The SMILES string of the molecule is CCCC[O][Sn]([CH2]C)([CH2]C)[CH2]C. The summed E-state index contributed by atoms with van der Waals surface area (Å²) in [6.45, 7) is 10.2. The third-order valence-electron chi connectivity index (χ3n) is 2.84. The summed E-state index contributed by atoms with van der Waals surface area (Å²) in [4.78, 5) is 0. The Morgan fingerprint density at radius 3 is 1.75 bits per heavy atom. The molecule has 0 aliphatic carbocycles. The molecule has 0 radical (unpaired) electrons. The van der Waals surface area contributed by atoms with E-state index in [2.05, 4.69) is 27.7 Å². The predicted octanol–water partition coefficient (Wildman–Crippen LogP) is 3.81. The van der Waals surface area contributed by atoms with Gasteiger partial charge in [-0.05, 0) is 0 Å². The second kappa shape index (κ2) is 7.19. The fourth-order valence-corrected chi connectivity index (χ4v) is 9.17. The first-order valence-electron chi connectivity index (χ1n) is 5.38. The van der Waals surface area contributed by atoms with E-state index < -0.39 is 18.8 Å². The van der Waals surface area contributed by atoms with Gasteiger partial charge in [-0.2, -0.15) is 0 Å². The Labute approximate surface area is 82.3 Å². The molecule has 0 spiro atoms. The summed E-state index contributed by atoms with van der Waals surface area (Å²) in [6, 6.07) is 0. The fraction of sp³-hybridized carbons (Fsp3) is 1.00. The van der Waals surface area contributed by atoms with Crippen LogP contribution in [-0.4, -0.2) is 25.4 Å². The first kappa shape index (κ1) is 12.8. The number of hydrogen-bond acceptors (Lipinski definition) is 1. The van der Waals surface area contributed by atoms with Gasteiger partial charge in [-0.3, -0.25) is 0 Å². The molecule has 0 aromatic heterocycles. The molecule has 0 heterocycles. The summed E-state index contributed by atoms with van der Waals surface area (Å²) >= 11 is -1.99. The molecule has 0 aliphatic rings. The van der Waals surface area contributed by atoms with Gasteiger partial charge in [0.2, 0.25) is 0 Å². The van der Waals surface area contributed by atoms with Gasteiger partial charge >= 0.3 is 82.3 Å². The summed E-state index contributed by atoms with van der Waals surface area (Å²) in [5.41, 5.74) is 0. The van der Waals surface area contributed by atoms with Crippen LogP contribution in [0.5, 0.6) is 0 Å². The van der Waals surface area contributed by atoms with Crippen molar-refractivity contribution in [2.24, 2.45) is 0 Å². The summed E-state index contributed by atoms with van der Waals surface area (Å²) in [7, 11) is 0. The minimum absolute atomic E-state index is 1.03. The van der Waals surface area contributed by atoms with E-state index in [1.807, 2.05) is 0 Å². The molecule has 0 saturated carbocycles. The third kappa shape index (κ3) is 4.13. The van der Waals surface area contributed by atoms with Crippen molar-refractivity contribution >= 4 is 18.8 Å². The zero-order valence-corrected chi connectivity index (χ0v) is 12.0. The van der Waals surface area contributed by atoms with Crippen molar-refractivity contribution in [2.75, 3.05) is 6.61 Å². The summed E-state index contributed by atoms with van der Waals surface area (Å²) < 4.78 is 10.2. The molecule has 0 unspecified atom stereocenters. The van der Waals surface area contributed by atoms with Crippen molar-refractivity contribution in [3.63, 3.8) is 0 Å². The minimum atomic E-state index is -1.99. The topological polar surface area (TPSA) is 9.23 Å². The van der Waals surface area contributed by atoms with Gasteiger partial charge in [0.15, 0.2) is 0 Å². The first-order chi connectivity index (χ1) is 5.74. The van der Waals surface area contributed by atoms with Crippen LogP contribution in [0.2, 0.25) is 13.3 Å². The van der Waals surface area contributed by atoms with Crippen LogP contribution < -0.4 is 0 Å². The van der Waals surface area contributed by atoms with Crippen LogP contribution in [-0.2, 0) is 3.07 Å². The molecule has 0 fully saturated rings. The van der Waals surface area contributed by atoms with E-state index in [0.29, 0.717) is 0 Å². The van der Waals surface area contributed by atoms with E-state index in [1.54, 1.807) is 0 Å². The normalized spacial score (nSPS) is 12.0. The Morgan fingerprint density at radius 1 is 0.917 bits per heavy atom. The molecule has 0 amide bonds. The van der Waals surface area contributed by atoms with E-state index in [9.17, 15) is 0 Å². The Balaban J connectivity index is 3.76. The van der Waals surface area contributed by atoms with Crippen molar-refractivity contribution in [3.8, 4) is 0 Å². The van der Waals surface area contributed by atoms with Gasteiger partial charge in [0.25, 0.3) is 0 Å². The average Bonchev–Trinajstić information content (AvgIpc) is 2.14. The van der Waals surface area contributed by atoms with E-state index in [1.165, 1.54) is 26.2 Å². The Hall–Kier alpha value is 0.759. The maximum atomic E-state index is 6.13. The molecule has 0 rings (SSSR count). The molecule has 0 aromatic carbocycles. The molecule has 0 atom stereocenters. The number of rotatable bonds is 7. The van der Waals surface area contributed by atoms with Crippen molar-refractivity contribution in [1.29, 1.82) is 0 Å². The molecule has 0 N–H and O–H groups in total. The quantitative estimate of drug-likeness (QED) is 0.508. The zero-order chi connectivity index (χ0) is 9.45. The average molecular weight is 279 g/mol. The van der Waals surface area contributed by atoms with Crippen molar-refractivity contribution < 1.29 is 3.07 Å². The molecule has 0 saturated heterocycles. The van der Waals surface area contributed by atoms with Crippen molar-refractivity contribution in [2.45, 2.75) is 53.8 Å². The van der Waals surface area contributed by atoms with E-state index in [0.717, 1.165) is 6.61 Å². The van der Waals surface area contributed by atoms with Crippen LogP contribution in [0.25, 0.3) is 0 Å². The Kier molecular flexibility index (Phi) is 7.64. The van der Waals surface area contributed by atoms with Crippen LogP contribution in [0.3, 0.4) is 0 Å². The number of hydrogen-bond donors (Lipinski definition) is 0. The second-order valence-corrected chi connectivity index (χ2v) is 17.1. The molecule has 74 valence electrons. The molecule has 0 aliphatic heterocycles. The van der Waals surface area contributed by atoms with Gasteiger partial charge in [0.05, 0.1) is 0 Å². The molecular weight excluding hydrogens is 255 g/mol. The van der Waals surface area contributed by atoms with Crippen LogP contribution in [0.4, 0.5) is 0 Å². The summed E-state index contributed by atoms with van der Waals surface area (Å²) in [6.07, 6.45) is 2.51. The van der Waals surface area contributed by atoms with Gasteiger partial charge in [0.1, 0.15) is 0 Å². The summed E-state index contributed by atoms with van der Waals surface area (Å²) in [5.74, 6) is 0. The molecule has 2 heteroatoms. The van der Waals surface area contributed by atoms with Gasteiger partial charge in [0, 0.05) is 0 Å². The van der Waals surface area contributed by atoms with Crippen LogP contribution in [0, 0.1) is 0 Å². The molecule has 12 heavy (non-hydrogen) atoms. The van der Waals surface area contributed by atoms with Crippen LogP contribution in [0.15, 0.2) is 0 Å². The second-order valence-electron chi connectivity index (χ2n) is 3.45. The van der Waals surface area contributed by atoms with E-state index in [4.69, 9.17) is 3.07 Å². The molecular formula is C10H24OSn. The predicted molar refractivity (Wildman–Crippen MR) is 58.1 cm³/mol. The van der Waals surface area contributed by atoms with E-state index >= 15 is 0 Å². The molecule has 0 bridgehead atoms. The third-order valence-corrected chi connectivity index (χ3v) is 16.2. The zero-order valence-electron chi connectivity index (χ0n) is 9.15. The van der Waals surface area contributed by atoms with Gasteiger partial charge in [-0.1, -0.05) is 0 Å². The van der Waals surface area contributed by atoms with Gasteiger partial charge in [-0.15, -0.1) is 0 Å². The monoisotopic (exact) mass is 280 g/mol. The van der Waals surface area contributed by atoms with Gasteiger partial charge < -0.3 is 0 Å². The van der Waals surface area contributed by atoms with Crippen molar-refractivity contribution in [1.82, 2.24) is 0 Å². The maximum absolute atomic E-state index is 6.13. The molecule has 0 aromatic rings. The Morgan fingerprint density at radius 2 is 1.42 bits per heavy atom. The standard InChI is InChI=1S/C4H9O.3C2H5.Sn/c1-2-3-4-5;3*1-2;/h2-4H2,1H3;3*1H2,2H3;/q-1;;;;+1. The molecule has 1 nitrogen and oxygen atoms in total.